The van der Waals surface area contributed by atoms with Gasteiger partial charge in [-0.25, -0.2) is 14.1 Å². The number of imidazole rings is 1. The molecule has 11 heteroatoms. The van der Waals surface area contributed by atoms with Crippen LogP contribution in [0.25, 0.3) is 11.4 Å². The number of fused-ring (bicyclic) bond motifs is 1. The van der Waals surface area contributed by atoms with E-state index in [-0.39, 0.29) is 33.7 Å². The van der Waals surface area contributed by atoms with Gasteiger partial charge in [0.15, 0.2) is 11.5 Å². The summed E-state index contributed by atoms with van der Waals surface area (Å²) < 4.78 is 21.8. The predicted octanol–water partition coefficient (Wildman–Crippen LogP) is 5.30. The third-order valence-corrected chi connectivity index (χ3v) is 7.20. The second kappa shape index (κ2) is 9.00. The molecule has 2 aromatic carbocycles. The Balaban J connectivity index is 1.73. The molecule has 1 unspecified atom stereocenters. The average molecular weight is 542 g/mol. The van der Waals surface area contributed by atoms with Crippen molar-refractivity contribution in [1.29, 1.82) is 0 Å². The number of benzene rings is 2. The summed E-state index contributed by atoms with van der Waals surface area (Å²) in [5, 5.41) is 4.59. The van der Waals surface area contributed by atoms with Crippen molar-refractivity contribution < 1.29 is 13.9 Å². The topological polar surface area (TPSA) is 93.1 Å². The molecule has 1 aliphatic rings. The minimum absolute atomic E-state index is 0.0327. The molecule has 1 N–H and O–H groups in total. The Hall–Kier alpha value is -3.69. The number of aryl methyl sites for hydroxylation is 1. The van der Waals surface area contributed by atoms with E-state index >= 15 is 4.39 Å². The zero-order valence-corrected chi connectivity index (χ0v) is 21.9. The van der Waals surface area contributed by atoms with Crippen molar-refractivity contribution in [2.45, 2.75) is 25.3 Å². The molecule has 37 heavy (non-hydrogen) atoms. The standard InChI is InChI=1S/C26H22Cl2FN5O3/c1-26(2,13-8-10-14(27)11-9-13)22-20-21(25(36)34(22)17-7-5-6-16(28)19(17)29)31-23(30-20)15-12-18(35)33(3)32-24(15)37-4/h5-12,22H,1-4H3,(H,30,31). The zero-order chi connectivity index (χ0) is 26.6. The Labute approximate surface area is 221 Å². The van der Waals surface area contributed by atoms with Gasteiger partial charge in [-0.2, -0.15) is 0 Å². The Morgan fingerprint density at radius 2 is 1.81 bits per heavy atom. The minimum atomic E-state index is -0.751. The summed E-state index contributed by atoms with van der Waals surface area (Å²) in [7, 11) is 2.93. The first-order valence-electron chi connectivity index (χ1n) is 11.3. The highest BCUT2D eigenvalue weighted by molar-refractivity contribution is 6.31. The Kier molecular flexibility index (Phi) is 6.08. The molecule has 4 aromatic rings. The molecule has 2 aromatic heterocycles. The van der Waals surface area contributed by atoms with E-state index in [4.69, 9.17) is 27.9 Å². The summed E-state index contributed by atoms with van der Waals surface area (Å²) in [4.78, 5) is 35.3. The summed E-state index contributed by atoms with van der Waals surface area (Å²) >= 11 is 12.2. The SMILES string of the molecule is COc1nn(C)c(=O)cc1-c1nc2c([nH]1)C(C(C)(C)c1ccc(Cl)cc1)N(c1cccc(Cl)c1F)C2=O. The van der Waals surface area contributed by atoms with E-state index in [0.29, 0.717) is 16.3 Å². The van der Waals surface area contributed by atoms with E-state index in [2.05, 4.69) is 15.1 Å². The van der Waals surface area contributed by atoms with Crippen LogP contribution >= 0.6 is 23.2 Å². The highest BCUT2D eigenvalue weighted by Crippen LogP contribution is 2.49. The van der Waals surface area contributed by atoms with Crippen LogP contribution in [-0.2, 0) is 12.5 Å². The molecule has 0 aliphatic carbocycles. The van der Waals surface area contributed by atoms with Crippen LogP contribution < -0.4 is 15.2 Å². The molecular formula is C26H22Cl2FN5O3. The van der Waals surface area contributed by atoms with Crippen molar-refractivity contribution in [3.05, 3.63) is 91.7 Å². The lowest BCUT2D eigenvalue weighted by molar-refractivity contribution is 0.0978. The van der Waals surface area contributed by atoms with Gasteiger partial charge in [0.05, 0.1) is 35.1 Å². The number of ether oxygens (including phenoxy) is 1. The van der Waals surface area contributed by atoms with Crippen molar-refractivity contribution in [2.24, 2.45) is 7.05 Å². The zero-order valence-electron chi connectivity index (χ0n) is 20.3. The maximum atomic E-state index is 15.3. The van der Waals surface area contributed by atoms with Gasteiger partial charge in [-0.3, -0.25) is 14.5 Å². The van der Waals surface area contributed by atoms with E-state index < -0.39 is 23.2 Å². The maximum absolute atomic E-state index is 15.3. The molecule has 1 aliphatic heterocycles. The predicted molar refractivity (Wildman–Crippen MR) is 139 cm³/mol. The molecule has 0 fully saturated rings. The van der Waals surface area contributed by atoms with Crippen LogP contribution in [0.4, 0.5) is 10.1 Å². The first-order chi connectivity index (χ1) is 17.5. The molecule has 0 saturated heterocycles. The lowest BCUT2D eigenvalue weighted by Gasteiger charge is -2.38. The van der Waals surface area contributed by atoms with Crippen LogP contribution in [0.1, 0.15) is 41.6 Å². The normalized spacial score (nSPS) is 15.3. The number of hydrogen-bond donors (Lipinski definition) is 1. The molecule has 190 valence electrons. The number of nitrogens with zero attached hydrogens (tertiary/aromatic N) is 4. The van der Waals surface area contributed by atoms with Crippen LogP contribution in [0, 0.1) is 5.82 Å². The van der Waals surface area contributed by atoms with Gasteiger partial charge in [0, 0.05) is 23.6 Å². The number of carbonyl (C=O) groups is 1. The van der Waals surface area contributed by atoms with Gasteiger partial charge >= 0.3 is 0 Å². The van der Waals surface area contributed by atoms with E-state index in [1.165, 1.54) is 37.3 Å². The Bertz CT molecular complexity index is 1600. The van der Waals surface area contributed by atoms with Gasteiger partial charge in [-0.05, 0) is 29.8 Å². The van der Waals surface area contributed by atoms with Crippen molar-refractivity contribution in [3.63, 3.8) is 0 Å². The number of aromatic amines is 1. The first kappa shape index (κ1) is 25.0. The number of anilines is 1. The van der Waals surface area contributed by atoms with Crippen molar-refractivity contribution in [1.82, 2.24) is 19.7 Å². The molecule has 0 radical (unpaired) electrons. The number of rotatable bonds is 5. The maximum Gasteiger partial charge on any atom is 0.279 e. The lowest BCUT2D eigenvalue weighted by atomic mass is 9.76. The van der Waals surface area contributed by atoms with Crippen LogP contribution in [0.5, 0.6) is 5.88 Å². The van der Waals surface area contributed by atoms with Crippen LogP contribution in [-0.4, -0.2) is 32.8 Å². The number of methoxy groups -OCH3 is 1. The highest BCUT2D eigenvalue weighted by atomic mass is 35.5. The Morgan fingerprint density at radius 3 is 2.49 bits per heavy atom. The number of aromatic nitrogens is 4. The molecule has 0 spiro atoms. The second-order valence-corrected chi connectivity index (χ2v) is 10.1. The minimum Gasteiger partial charge on any atom is -0.479 e. The molecular weight excluding hydrogens is 520 g/mol. The molecule has 8 nitrogen and oxygen atoms in total. The number of H-pyrrole nitrogens is 1. The summed E-state index contributed by atoms with van der Waals surface area (Å²) in [6, 6.07) is 12.4. The fraction of sp³-hybridized carbons (Fsp3) is 0.231. The number of carbonyl (C=O) groups excluding carboxylic acids is 1. The smallest absolute Gasteiger partial charge is 0.279 e. The number of halogens is 3. The molecule has 1 atom stereocenters. The van der Waals surface area contributed by atoms with Crippen LogP contribution in [0.3, 0.4) is 0 Å². The molecule has 5 rings (SSSR count). The summed E-state index contributed by atoms with van der Waals surface area (Å²) in [5.74, 6) is -0.824. The van der Waals surface area contributed by atoms with Gasteiger partial charge in [0.2, 0.25) is 5.88 Å². The molecule has 0 bridgehead atoms. The highest BCUT2D eigenvalue weighted by Gasteiger charge is 2.50. The van der Waals surface area contributed by atoms with Crippen LogP contribution in [0.2, 0.25) is 10.0 Å². The third kappa shape index (κ3) is 3.98. The van der Waals surface area contributed by atoms with Gasteiger partial charge in [0.1, 0.15) is 5.82 Å². The van der Waals surface area contributed by atoms with Gasteiger partial charge < -0.3 is 9.72 Å². The fourth-order valence-electron chi connectivity index (χ4n) is 4.72. The van der Waals surface area contributed by atoms with Crippen molar-refractivity contribution in [2.75, 3.05) is 12.0 Å². The van der Waals surface area contributed by atoms with E-state index in [1.807, 2.05) is 26.0 Å². The molecule has 1 amide bonds. The van der Waals surface area contributed by atoms with Crippen molar-refractivity contribution in [3.8, 4) is 17.3 Å². The monoisotopic (exact) mass is 541 g/mol. The number of hydrogen-bond acceptors (Lipinski definition) is 5. The van der Waals surface area contributed by atoms with Crippen molar-refractivity contribution >= 4 is 34.8 Å². The van der Waals surface area contributed by atoms with E-state index in [0.717, 1.165) is 10.2 Å². The largest absolute Gasteiger partial charge is 0.479 e. The average Bonchev–Trinajstić information content (AvgIpc) is 3.40. The van der Waals surface area contributed by atoms with Gasteiger partial charge in [0.25, 0.3) is 11.5 Å². The second-order valence-electron chi connectivity index (χ2n) is 9.26. The molecule has 3 heterocycles. The number of nitrogens with one attached hydrogen (secondary N) is 1. The van der Waals surface area contributed by atoms with E-state index in [1.54, 1.807) is 18.2 Å². The fourth-order valence-corrected chi connectivity index (χ4v) is 5.02. The summed E-state index contributed by atoms with van der Waals surface area (Å²) in [6.45, 7) is 3.89. The lowest BCUT2D eigenvalue weighted by Crippen LogP contribution is -2.40. The van der Waals surface area contributed by atoms with E-state index in [9.17, 15) is 9.59 Å². The summed E-state index contributed by atoms with van der Waals surface area (Å²) in [6.07, 6.45) is 0. The quantitative estimate of drug-likeness (QED) is 0.369. The number of amides is 1. The summed E-state index contributed by atoms with van der Waals surface area (Å²) in [5.41, 5.74) is 0.630. The Morgan fingerprint density at radius 1 is 1.11 bits per heavy atom. The molecule has 0 saturated carbocycles. The first-order valence-corrected chi connectivity index (χ1v) is 12.1. The third-order valence-electron chi connectivity index (χ3n) is 6.65. The van der Waals surface area contributed by atoms with Gasteiger partial charge in [-0.1, -0.05) is 55.2 Å². The van der Waals surface area contributed by atoms with Crippen LogP contribution in [0.15, 0.2) is 53.3 Å². The van der Waals surface area contributed by atoms with Gasteiger partial charge in [-0.15, -0.1) is 5.10 Å².